The molecular weight excluding hydrogens is 298 g/mol. The average Bonchev–Trinajstić information content (AvgIpc) is 2.46. The first-order valence-corrected chi connectivity index (χ1v) is 7.12. The Labute approximate surface area is 125 Å². The second-order valence-electron chi connectivity index (χ2n) is 4.93. The zero-order valence-corrected chi connectivity index (χ0v) is 11.9. The molecule has 1 aliphatic heterocycles. The molecule has 7 heteroatoms. The van der Waals surface area contributed by atoms with E-state index in [4.69, 9.17) is 11.6 Å². The Kier molecular flexibility index (Phi) is 3.96. The summed E-state index contributed by atoms with van der Waals surface area (Å²) >= 11 is 5.92. The van der Waals surface area contributed by atoms with Crippen LogP contribution in [0, 0.1) is 11.6 Å². The van der Waals surface area contributed by atoms with Crippen LogP contribution in [0.25, 0.3) is 11.4 Å². The van der Waals surface area contributed by atoms with Crippen molar-refractivity contribution in [1.29, 1.82) is 0 Å². The molecule has 4 nitrogen and oxygen atoms in total. The van der Waals surface area contributed by atoms with Crippen LogP contribution >= 0.6 is 11.6 Å². The molecule has 1 fully saturated rings. The lowest BCUT2D eigenvalue weighted by Gasteiger charge is -2.26. The molecule has 1 aromatic heterocycles. The first-order valence-electron chi connectivity index (χ1n) is 6.75. The predicted octanol–water partition coefficient (Wildman–Crippen LogP) is 3.46. The van der Waals surface area contributed by atoms with Gasteiger partial charge in [-0.15, -0.1) is 0 Å². The lowest BCUT2D eigenvalue weighted by atomic mass is 10.1. The van der Waals surface area contributed by atoms with Crippen LogP contribution < -0.4 is 4.90 Å². The van der Waals surface area contributed by atoms with Crippen molar-refractivity contribution in [2.75, 3.05) is 18.0 Å². The molecule has 0 radical (unpaired) electrons. The van der Waals surface area contributed by atoms with Crippen LogP contribution in [-0.2, 0) is 0 Å². The van der Waals surface area contributed by atoms with Crippen LogP contribution in [0.5, 0.6) is 0 Å². The van der Waals surface area contributed by atoms with Gasteiger partial charge in [0.25, 0.3) is 0 Å². The van der Waals surface area contributed by atoms with Gasteiger partial charge in [0.1, 0.15) is 11.6 Å². The standard InChI is InChI=1S/C14H13ClF2N4/c15-13-18-12(9-6-10(16)8-11(17)7-9)19-14(20-13)21-4-2-1-3-5-21/h6-8H,1-5H2. The van der Waals surface area contributed by atoms with Crippen molar-refractivity contribution in [2.45, 2.75) is 19.3 Å². The van der Waals surface area contributed by atoms with E-state index in [0.717, 1.165) is 32.0 Å². The Bertz CT molecular complexity index is 639. The normalized spacial score (nSPS) is 15.3. The van der Waals surface area contributed by atoms with E-state index in [1.165, 1.54) is 18.6 Å². The van der Waals surface area contributed by atoms with Gasteiger partial charge in [0.15, 0.2) is 5.82 Å². The van der Waals surface area contributed by atoms with Crippen LogP contribution in [0.2, 0.25) is 5.28 Å². The van der Waals surface area contributed by atoms with E-state index < -0.39 is 11.6 Å². The predicted molar refractivity (Wildman–Crippen MR) is 76.3 cm³/mol. The number of hydrogen-bond acceptors (Lipinski definition) is 4. The molecule has 0 spiro atoms. The van der Waals surface area contributed by atoms with Gasteiger partial charge in [-0.2, -0.15) is 15.0 Å². The number of aromatic nitrogens is 3. The van der Waals surface area contributed by atoms with E-state index in [1.807, 2.05) is 4.90 Å². The highest BCUT2D eigenvalue weighted by molar-refractivity contribution is 6.28. The Morgan fingerprint density at radius 2 is 1.57 bits per heavy atom. The number of halogens is 3. The molecule has 0 bridgehead atoms. The van der Waals surface area contributed by atoms with E-state index in [1.54, 1.807) is 0 Å². The molecule has 0 unspecified atom stereocenters. The average molecular weight is 311 g/mol. The molecule has 1 aliphatic rings. The maximum Gasteiger partial charge on any atom is 0.230 e. The van der Waals surface area contributed by atoms with Crippen LogP contribution in [0.4, 0.5) is 14.7 Å². The summed E-state index contributed by atoms with van der Waals surface area (Å²) in [5, 5.41) is 0.0187. The molecule has 0 atom stereocenters. The topological polar surface area (TPSA) is 41.9 Å². The zero-order valence-electron chi connectivity index (χ0n) is 11.2. The minimum atomic E-state index is -0.680. The Hall–Kier alpha value is -1.82. The number of rotatable bonds is 2. The quantitative estimate of drug-likeness (QED) is 0.852. The highest BCUT2D eigenvalue weighted by atomic mass is 35.5. The summed E-state index contributed by atoms with van der Waals surface area (Å²) < 4.78 is 26.6. The molecule has 2 heterocycles. The van der Waals surface area contributed by atoms with Gasteiger partial charge in [-0.05, 0) is 43.0 Å². The van der Waals surface area contributed by atoms with Crippen LogP contribution in [0.1, 0.15) is 19.3 Å². The van der Waals surface area contributed by atoms with Crippen LogP contribution in [0.15, 0.2) is 18.2 Å². The number of nitrogens with zero attached hydrogens (tertiary/aromatic N) is 4. The first kappa shape index (κ1) is 14.1. The third-order valence-electron chi connectivity index (χ3n) is 3.36. The van der Waals surface area contributed by atoms with Gasteiger partial charge in [0.2, 0.25) is 11.2 Å². The summed E-state index contributed by atoms with van der Waals surface area (Å²) in [5.74, 6) is -0.731. The van der Waals surface area contributed by atoms with Crippen LogP contribution in [0.3, 0.4) is 0 Å². The Balaban J connectivity index is 2.00. The second kappa shape index (κ2) is 5.89. The summed E-state index contributed by atoms with van der Waals surface area (Å²) in [7, 11) is 0. The molecule has 1 saturated heterocycles. The summed E-state index contributed by atoms with van der Waals surface area (Å²) in [6.45, 7) is 1.69. The van der Waals surface area contributed by atoms with Crippen molar-refractivity contribution in [1.82, 2.24) is 15.0 Å². The molecule has 3 rings (SSSR count). The van der Waals surface area contributed by atoms with E-state index in [2.05, 4.69) is 15.0 Å². The second-order valence-corrected chi connectivity index (χ2v) is 5.27. The van der Waals surface area contributed by atoms with Crippen molar-refractivity contribution in [3.63, 3.8) is 0 Å². The summed E-state index contributed by atoms with van der Waals surface area (Å²) in [5.41, 5.74) is 0.245. The number of hydrogen-bond donors (Lipinski definition) is 0. The van der Waals surface area contributed by atoms with E-state index in [9.17, 15) is 8.78 Å². The van der Waals surface area contributed by atoms with Gasteiger partial charge in [-0.1, -0.05) is 0 Å². The molecule has 1 aromatic carbocycles. The third kappa shape index (κ3) is 3.26. The van der Waals surface area contributed by atoms with Crippen molar-refractivity contribution in [2.24, 2.45) is 0 Å². The van der Waals surface area contributed by atoms with Gasteiger partial charge in [-0.3, -0.25) is 0 Å². The molecule has 0 N–H and O–H groups in total. The minimum absolute atomic E-state index is 0.0187. The number of anilines is 1. The molecule has 21 heavy (non-hydrogen) atoms. The van der Waals surface area contributed by atoms with E-state index in [0.29, 0.717) is 5.95 Å². The van der Waals surface area contributed by atoms with Crippen molar-refractivity contribution in [3.05, 3.63) is 35.1 Å². The van der Waals surface area contributed by atoms with Crippen molar-refractivity contribution in [3.8, 4) is 11.4 Å². The smallest absolute Gasteiger partial charge is 0.230 e. The van der Waals surface area contributed by atoms with Gasteiger partial charge in [0, 0.05) is 24.7 Å². The largest absolute Gasteiger partial charge is 0.341 e. The van der Waals surface area contributed by atoms with Gasteiger partial charge >= 0.3 is 0 Å². The van der Waals surface area contributed by atoms with E-state index >= 15 is 0 Å². The summed E-state index contributed by atoms with van der Waals surface area (Å²) in [6, 6.07) is 3.15. The molecule has 0 amide bonds. The highest BCUT2D eigenvalue weighted by Crippen LogP contribution is 2.23. The molecular formula is C14H13ClF2N4. The molecule has 2 aromatic rings. The third-order valence-corrected chi connectivity index (χ3v) is 3.53. The fraction of sp³-hybridized carbons (Fsp3) is 0.357. The zero-order chi connectivity index (χ0) is 14.8. The maximum atomic E-state index is 13.3. The monoisotopic (exact) mass is 310 g/mol. The first-order chi connectivity index (χ1) is 10.1. The molecule has 0 saturated carbocycles. The molecule has 110 valence electrons. The maximum absolute atomic E-state index is 13.3. The summed E-state index contributed by atoms with van der Waals surface area (Å²) in [6.07, 6.45) is 3.30. The van der Waals surface area contributed by atoms with Crippen LogP contribution in [-0.4, -0.2) is 28.0 Å². The number of piperidine rings is 1. The van der Waals surface area contributed by atoms with Gasteiger partial charge in [0.05, 0.1) is 0 Å². The molecule has 0 aliphatic carbocycles. The highest BCUT2D eigenvalue weighted by Gasteiger charge is 2.17. The van der Waals surface area contributed by atoms with Gasteiger partial charge < -0.3 is 4.90 Å². The van der Waals surface area contributed by atoms with Gasteiger partial charge in [-0.25, -0.2) is 8.78 Å². The fourth-order valence-electron chi connectivity index (χ4n) is 2.39. The SMILES string of the molecule is Fc1cc(F)cc(-c2nc(Cl)nc(N3CCCCC3)n2)c1. The number of benzene rings is 1. The Morgan fingerprint density at radius 1 is 0.905 bits per heavy atom. The van der Waals surface area contributed by atoms with Crippen molar-refractivity contribution < 1.29 is 8.78 Å². The van der Waals surface area contributed by atoms with Crippen molar-refractivity contribution >= 4 is 17.5 Å². The minimum Gasteiger partial charge on any atom is -0.341 e. The lowest BCUT2D eigenvalue weighted by molar-refractivity contribution is 0.567. The lowest BCUT2D eigenvalue weighted by Crippen LogP contribution is -2.31. The Morgan fingerprint density at radius 3 is 2.24 bits per heavy atom. The summed E-state index contributed by atoms with van der Waals surface area (Å²) in [4.78, 5) is 14.4. The fourth-order valence-corrected chi connectivity index (χ4v) is 2.54. The van der Waals surface area contributed by atoms with E-state index in [-0.39, 0.29) is 16.7 Å².